The predicted molar refractivity (Wildman–Crippen MR) is 85.5 cm³/mol. The summed E-state index contributed by atoms with van der Waals surface area (Å²) in [6.45, 7) is 5.20. The zero-order chi connectivity index (χ0) is 14.4. The van der Waals surface area contributed by atoms with Crippen LogP contribution in [0.1, 0.15) is 45.4 Å². The molecule has 2 aliphatic rings. The van der Waals surface area contributed by atoms with Crippen molar-refractivity contribution in [2.75, 3.05) is 26.2 Å². The molecule has 5 nitrogen and oxygen atoms in total. The van der Waals surface area contributed by atoms with Crippen LogP contribution in [0.2, 0.25) is 0 Å². The molecular weight excluding hydrogens is 290 g/mol. The van der Waals surface area contributed by atoms with Crippen molar-refractivity contribution in [1.29, 1.82) is 0 Å². The fraction of sp³-hybridized carbons (Fsp3) is 0.867. The Labute approximate surface area is 133 Å². The van der Waals surface area contributed by atoms with E-state index in [1.807, 2.05) is 4.90 Å². The Balaban J connectivity index is 0.00000220. The third kappa shape index (κ3) is 5.15. The monoisotopic (exact) mass is 317 g/mol. The highest BCUT2D eigenvalue weighted by Gasteiger charge is 2.32. The maximum Gasteiger partial charge on any atom is 0.239 e. The van der Waals surface area contributed by atoms with Crippen molar-refractivity contribution < 1.29 is 9.59 Å². The van der Waals surface area contributed by atoms with E-state index in [9.17, 15) is 9.59 Å². The lowest BCUT2D eigenvalue weighted by Crippen LogP contribution is -2.50. The second-order valence-corrected chi connectivity index (χ2v) is 5.92. The number of amides is 2. The number of hydrogen-bond donors (Lipinski definition) is 2. The predicted octanol–water partition coefficient (Wildman–Crippen LogP) is 1.32. The van der Waals surface area contributed by atoms with Gasteiger partial charge >= 0.3 is 0 Å². The summed E-state index contributed by atoms with van der Waals surface area (Å²) in [5, 5.41) is 6.24. The first-order chi connectivity index (χ1) is 9.72. The number of carbonyl (C=O) groups is 2. The van der Waals surface area contributed by atoms with Gasteiger partial charge in [-0.05, 0) is 38.6 Å². The quantitative estimate of drug-likeness (QED) is 0.752. The van der Waals surface area contributed by atoms with Crippen molar-refractivity contribution in [3.05, 3.63) is 0 Å². The molecule has 0 radical (unpaired) electrons. The van der Waals surface area contributed by atoms with Gasteiger partial charge in [0.2, 0.25) is 11.8 Å². The van der Waals surface area contributed by atoms with Gasteiger partial charge in [0.25, 0.3) is 0 Å². The van der Waals surface area contributed by atoms with E-state index in [1.54, 1.807) is 0 Å². The molecule has 0 aromatic rings. The summed E-state index contributed by atoms with van der Waals surface area (Å²) in [6.07, 6.45) is 5.95. The summed E-state index contributed by atoms with van der Waals surface area (Å²) in [4.78, 5) is 26.3. The molecule has 2 saturated heterocycles. The van der Waals surface area contributed by atoms with Gasteiger partial charge in [0, 0.05) is 19.6 Å². The van der Waals surface area contributed by atoms with Crippen LogP contribution < -0.4 is 10.6 Å². The average molecular weight is 318 g/mol. The summed E-state index contributed by atoms with van der Waals surface area (Å²) in [5.41, 5.74) is 0. The minimum atomic E-state index is -0.0223. The van der Waals surface area contributed by atoms with Crippen LogP contribution in [0.25, 0.3) is 0 Å². The van der Waals surface area contributed by atoms with E-state index < -0.39 is 0 Å². The maximum atomic E-state index is 12.4. The molecule has 2 aliphatic heterocycles. The number of halogens is 1. The molecule has 2 unspecified atom stereocenters. The number of carbonyl (C=O) groups excluding carboxylic acids is 2. The molecule has 0 bridgehead atoms. The normalized spacial score (nSPS) is 25.3. The highest BCUT2D eigenvalue weighted by atomic mass is 35.5. The molecular formula is C15H28ClN3O2. The van der Waals surface area contributed by atoms with Gasteiger partial charge in [0.1, 0.15) is 0 Å². The molecule has 2 fully saturated rings. The topological polar surface area (TPSA) is 61.4 Å². The smallest absolute Gasteiger partial charge is 0.239 e. The molecule has 2 amide bonds. The Hall–Kier alpha value is -0.810. The summed E-state index contributed by atoms with van der Waals surface area (Å²) >= 11 is 0. The van der Waals surface area contributed by atoms with Crippen molar-refractivity contribution in [3.8, 4) is 0 Å². The lowest BCUT2D eigenvalue weighted by Gasteiger charge is -2.33. The van der Waals surface area contributed by atoms with Crippen molar-refractivity contribution in [2.45, 2.75) is 51.5 Å². The van der Waals surface area contributed by atoms with Gasteiger partial charge in [-0.25, -0.2) is 0 Å². The Kier molecular flexibility index (Phi) is 8.04. The summed E-state index contributed by atoms with van der Waals surface area (Å²) in [6, 6.07) is -0.0168. The van der Waals surface area contributed by atoms with Crippen molar-refractivity contribution >= 4 is 24.2 Å². The Morgan fingerprint density at radius 3 is 2.76 bits per heavy atom. The van der Waals surface area contributed by atoms with Crippen LogP contribution in [0.15, 0.2) is 0 Å². The first-order valence-electron chi connectivity index (χ1n) is 8.02. The number of hydrogen-bond acceptors (Lipinski definition) is 3. The largest absolute Gasteiger partial charge is 0.356 e. The van der Waals surface area contributed by atoms with E-state index >= 15 is 0 Å². The molecule has 2 rings (SSSR count). The van der Waals surface area contributed by atoms with E-state index in [0.717, 1.165) is 58.2 Å². The van der Waals surface area contributed by atoms with Crippen LogP contribution in [0.4, 0.5) is 0 Å². The van der Waals surface area contributed by atoms with Gasteiger partial charge in [0.05, 0.1) is 12.0 Å². The molecule has 0 aromatic carbocycles. The lowest BCUT2D eigenvalue weighted by molar-refractivity contribution is -0.137. The molecule has 0 saturated carbocycles. The van der Waals surface area contributed by atoms with Crippen molar-refractivity contribution in [3.63, 3.8) is 0 Å². The third-order valence-electron chi connectivity index (χ3n) is 4.29. The van der Waals surface area contributed by atoms with Crippen LogP contribution in [-0.2, 0) is 9.59 Å². The summed E-state index contributed by atoms with van der Waals surface area (Å²) in [5.74, 6) is 0.287. The number of nitrogens with zero attached hydrogens (tertiary/aromatic N) is 1. The summed E-state index contributed by atoms with van der Waals surface area (Å²) < 4.78 is 0. The SMILES string of the molecule is CCCCNC(=O)C1CCCN(C(=O)C2CCCN2)C1.Cl. The second kappa shape index (κ2) is 9.26. The Morgan fingerprint density at radius 1 is 1.29 bits per heavy atom. The van der Waals surface area contributed by atoms with Crippen LogP contribution in [0.5, 0.6) is 0 Å². The number of piperidine rings is 1. The molecule has 21 heavy (non-hydrogen) atoms. The van der Waals surface area contributed by atoms with Gasteiger partial charge in [-0.15, -0.1) is 12.4 Å². The molecule has 0 spiro atoms. The van der Waals surface area contributed by atoms with Crippen LogP contribution in [0, 0.1) is 5.92 Å². The van der Waals surface area contributed by atoms with E-state index in [1.165, 1.54) is 0 Å². The lowest BCUT2D eigenvalue weighted by atomic mass is 9.96. The Morgan fingerprint density at radius 2 is 2.10 bits per heavy atom. The van der Waals surface area contributed by atoms with E-state index in [4.69, 9.17) is 0 Å². The third-order valence-corrected chi connectivity index (χ3v) is 4.29. The highest BCUT2D eigenvalue weighted by molar-refractivity contribution is 5.85. The average Bonchev–Trinajstić information content (AvgIpc) is 3.01. The summed E-state index contributed by atoms with van der Waals surface area (Å²) in [7, 11) is 0. The fourth-order valence-electron chi connectivity index (χ4n) is 3.04. The van der Waals surface area contributed by atoms with Crippen molar-refractivity contribution in [1.82, 2.24) is 15.5 Å². The number of nitrogens with one attached hydrogen (secondary N) is 2. The molecule has 0 aliphatic carbocycles. The maximum absolute atomic E-state index is 12.4. The van der Waals surface area contributed by atoms with Crippen molar-refractivity contribution in [2.24, 2.45) is 5.92 Å². The molecule has 2 atom stereocenters. The second-order valence-electron chi connectivity index (χ2n) is 5.92. The van der Waals surface area contributed by atoms with E-state index in [0.29, 0.717) is 6.54 Å². The van der Waals surface area contributed by atoms with E-state index in [2.05, 4.69) is 17.6 Å². The van der Waals surface area contributed by atoms with Gasteiger partial charge < -0.3 is 15.5 Å². The zero-order valence-corrected chi connectivity index (χ0v) is 13.7. The van der Waals surface area contributed by atoms with Crippen LogP contribution in [-0.4, -0.2) is 48.9 Å². The van der Waals surface area contributed by atoms with Gasteiger partial charge in [-0.1, -0.05) is 13.3 Å². The van der Waals surface area contributed by atoms with E-state index in [-0.39, 0.29) is 36.2 Å². The van der Waals surface area contributed by atoms with Crippen LogP contribution in [0.3, 0.4) is 0 Å². The molecule has 2 heterocycles. The standard InChI is InChI=1S/C15H27N3O2.ClH/c1-2-3-8-17-14(19)12-6-5-10-18(11-12)15(20)13-7-4-9-16-13;/h12-13,16H,2-11H2,1H3,(H,17,19);1H. The van der Waals surface area contributed by atoms with Crippen LogP contribution >= 0.6 is 12.4 Å². The minimum absolute atomic E-state index is 0. The molecule has 2 N–H and O–H groups in total. The minimum Gasteiger partial charge on any atom is -0.356 e. The fourth-order valence-corrected chi connectivity index (χ4v) is 3.04. The first-order valence-corrected chi connectivity index (χ1v) is 8.02. The van der Waals surface area contributed by atoms with Gasteiger partial charge in [-0.3, -0.25) is 9.59 Å². The van der Waals surface area contributed by atoms with Gasteiger partial charge in [0.15, 0.2) is 0 Å². The molecule has 0 aromatic heterocycles. The molecule has 122 valence electrons. The number of likely N-dealkylation sites (tertiary alicyclic amines) is 1. The number of rotatable bonds is 5. The Bertz CT molecular complexity index is 346. The van der Waals surface area contributed by atoms with Gasteiger partial charge in [-0.2, -0.15) is 0 Å². The highest BCUT2D eigenvalue weighted by Crippen LogP contribution is 2.19. The zero-order valence-electron chi connectivity index (χ0n) is 12.9. The first kappa shape index (κ1) is 18.2. The molecule has 6 heteroatoms. The number of unbranched alkanes of at least 4 members (excludes halogenated alkanes) is 1.